The molecule has 2 N–H and O–H groups in total. The van der Waals surface area contributed by atoms with Crippen molar-refractivity contribution in [3.05, 3.63) is 28.3 Å². The number of hydrogen-bond acceptors (Lipinski definition) is 5. The van der Waals surface area contributed by atoms with E-state index >= 15 is 0 Å². The Balaban J connectivity index is 3.31. The summed E-state index contributed by atoms with van der Waals surface area (Å²) >= 11 is 0. The van der Waals surface area contributed by atoms with E-state index in [0.29, 0.717) is 12.2 Å². The van der Waals surface area contributed by atoms with Crippen LogP contribution in [0.2, 0.25) is 0 Å². The Morgan fingerprint density at radius 2 is 2.06 bits per heavy atom. The predicted octanol–water partition coefficient (Wildman–Crippen LogP) is 1.32. The molecule has 0 bridgehead atoms. The maximum absolute atomic E-state index is 11.8. The van der Waals surface area contributed by atoms with Gasteiger partial charge in [-0.05, 0) is 19.5 Å². The summed E-state index contributed by atoms with van der Waals surface area (Å²) in [5.41, 5.74) is 0.0997. The van der Waals surface area contributed by atoms with Gasteiger partial charge in [0.25, 0.3) is 5.69 Å². The molecule has 7 nitrogen and oxygen atoms in total. The molecular weight excluding hydrogens is 258 g/mol. The van der Waals surface area contributed by atoms with E-state index in [-0.39, 0.29) is 10.6 Å². The van der Waals surface area contributed by atoms with Gasteiger partial charge in [-0.3, -0.25) is 10.1 Å². The average molecular weight is 273 g/mol. The SMILES string of the molecule is CCCNc1ccc([N+](=O)[O-])cc1S(=O)(=O)NC. The van der Waals surface area contributed by atoms with Gasteiger partial charge in [-0.15, -0.1) is 0 Å². The molecule has 0 atom stereocenters. The Kier molecular flexibility index (Phi) is 4.62. The van der Waals surface area contributed by atoms with Gasteiger partial charge in [-0.2, -0.15) is 0 Å². The first kappa shape index (κ1) is 14.4. The summed E-state index contributed by atoms with van der Waals surface area (Å²) in [6.45, 7) is 2.52. The van der Waals surface area contributed by atoms with Crippen molar-refractivity contribution in [2.45, 2.75) is 18.2 Å². The van der Waals surface area contributed by atoms with Gasteiger partial charge >= 0.3 is 0 Å². The van der Waals surface area contributed by atoms with Crippen LogP contribution in [0.15, 0.2) is 23.1 Å². The summed E-state index contributed by atoms with van der Waals surface area (Å²) in [6.07, 6.45) is 0.816. The minimum atomic E-state index is -3.73. The highest BCUT2D eigenvalue weighted by Crippen LogP contribution is 2.26. The summed E-state index contributed by atoms with van der Waals surface area (Å²) in [4.78, 5) is 9.92. The lowest BCUT2D eigenvalue weighted by molar-refractivity contribution is -0.385. The van der Waals surface area contributed by atoms with Gasteiger partial charge in [-0.1, -0.05) is 6.92 Å². The van der Waals surface area contributed by atoms with Crippen LogP contribution in [0.25, 0.3) is 0 Å². The molecule has 1 aromatic carbocycles. The van der Waals surface area contributed by atoms with Gasteiger partial charge < -0.3 is 5.32 Å². The van der Waals surface area contributed by atoms with Crippen molar-refractivity contribution in [3.63, 3.8) is 0 Å². The highest BCUT2D eigenvalue weighted by Gasteiger charge is 2.20. The van der Waals surface area contributed by atoms with E-state index in [4.69, 9.17) is 0 Å². The smallest absolute Gasteiger partial charge is 0.270 e. The van der Waals surface area contributed by atoms with Crippen LogP contribution < -0.4 is 10.0 Å². The standard InChI is InChI=1S/C10H15N3O4S/c1-3-6-12-9-5-4-8(13(14)15)7-10(9)18(16,17)11-2/h4-5,7,11-12H,3,6H2,1-2H3. The fourth-order valence-corrected chi connectivity index (χ4v) is 2.29. The molecule has 1 rings (SSSR count). The average Bonchev–Trinajstić information content (AvgIpc) is 2.35. The van der Waals surface area contributed by atoms with Crippen molar-refractivity contribution in [3.8, 4) is 0 Å². The van der Waals surface area contributed by atoms with E-state index in [1.807, 2.05) is 6.92 Å². The third-order valence-corrected chi connectivity index (χ3v) is 3.75. The lowest BCUT2D eigenvalue weighted by Gasteiger charge is -2.11. The number of sulfonamides is 1. The van der Waals surface area contributed by atoms with E-state index in [0.717, 1.165) is 12.5 Å². The Bertz CT molecular complexity index is 542. The Morgan fingerprint density at radius 3 is 2.56 bits per heavy atom. The van der Waals surface area contributed by atoms with Crippen LogP contribution in [0.4, 0.5) is 11.4 Å². The van der Waals surface area contributed by atoms with Crippen LogP contribution >= 0.6 is 0 Å². The molecule has 0 radical (unpaired) electrons. The number of hydrogen-bond donors (Lipinski definition) is 2. The molecule has 0 aliphatic rings. The summed E-state index contributed by atoms with van der Waals surface area (Å²) < 4.78 is 25.7. The summed E-state index contributed by atoms with van der Waals surface area (Å²) in [5, 5.41) is 13.6. The normalized spacial score (nSPS) is 11.2. The van der Waals surface area contributed by atoms with Gasteiger partial charge in [-0.25, -0.2) is 13.1 Å². The predicted molar refractivity (Wildman–Crippen MR) is 68.1 cm³/mol. The second-order valence-electron chi connectivity index (χ2n) is 3.57. The van der Waals surface area contributed by atoms with E-state index in [1.54, 1.807) is 0 Å². The molecule has 0 aliphatic carbocycles. The molecule has 0 saturated carbocycles. The summed E-state index contributed by atoms with van der Waals surface area (Å²) in [5.74, 6) is 0. The van der Waals surface area contributed by atoms with Crippen LogP contribution in [0, 0.1) is 10.1 Å². The number of anilines is 1. The molecule has 8 heteroatoms. The fourth-order valence-electron chi connectivity index (χ4n) is 1.36. The molecule has 0 amide bonds. The van der Waals surface area contributed by atoms with Crippen molar-refractivity contribution in [1.82, 2.24) is 4.72 Å². The molecule has 0 fully saturated rings. The monoisotopic (exact) mass is 273 g/mol. The van der Waals surface area contributed by atoms with Gasteiger partial charge in [0.1, 0.15) is 4.90 Å². The molecule has 100 valence electrons. The lowest BCUT2D eigenvalue weighted by Crippen LogP contribution is -2.20. The highest BCUT2D eigenvalue weighted by molar-refractivity contribution is 7.89. The number of nitro benzene ring substituents is 1. The Hall–Kier alpha value is -1.67. The Labute approximate surface area is 105 Å². The van der Waals surface area contributed by atoms with E-state index in [9.17, 15) is 18.5 Å². The first-order valence-corrected chi connectivity index (χ1v) is 6.86. The lowest BCUT2D eigenvalue weighted by atomic mass is 10.3. The first-order valence-electron chi connectivity index (χ1n) is 5.38. The van der Waals surface area contributed by atoms with Crippen LogP contribution in [0.1, 0.15) is 13.3 Å². The third-order valence-electron chi connectivity index (χ3n) is 2.30. The van der Waals surface area contributed by atoms with Crippen molar-refractivity contribution >= 4 is 21.4 Å². The quantitative estimate of drug-likeness (QED) is 0.601. The van der Waals surface area contributed by atoms with Crippen molar-refractivity contribution in [1.29, 1.82) is 0 Å². The van der Waals surface area contributed by atoms with E-state index in [2.05, 4.69) is 10.0 Å². The zero-order valence-corrected chi connectivity index (χ0v) is 11.0. The summed E-state index contributed by atoms with van der Waals surface area (Å²) in [7, 11) is -2.47. The minimum Gasteiger partial charge on any atom is -0.384 e. The molecule has 1 aromatic rings. The van der Waals surface area contributed by atoms with Gasteiger partial charge in [0.05, 0.1) is 10.6 Å². The fraction of sp³-hybridized carbons (Fsp3) is 0.400. The first-order chi connectivity index (χ1) is 8.42. The molecule has 0 saturated heterocycles. The Morgan fingerprint density at radius 1 is 1.39 bits per heavy atom. The molecule has 0 aromatic heterocycles. The van der Waals surface area contributed by atoms with Crippen LogP contribution in [0.5, 0.6) is 0 Å². The molecular formula is C10H15N3O4S. The number of nitro groups is 1. The topological polar surface area (TPSA) is 101 Å². The third kappa shape index (κ3) is 3.17. The molecule has 0 unspecified atom stereocenters. The van der Waals surface area contributed by atoms with E-state index < -0.39 is 14.9 Å². The molecule has 0 spiro atoms. The number of rotatable bonds is 6. The zero-order chi connectivity index (χ0) is 13.8. The maximum atomic E-state index is 11.8. The highest BCUT2D eigenvalue weighted by atomic mass is 32.2. The molecule has 0 heterocycles. The van der Waals surface area contributed by atoms with Crippen LogP contribution in [-0.2, 0) is 10.0 Å². The minimum absolute atomic E-state index is 0.118. The van der Waals surface area contributed by atoms with Crippen LogP contribution in [-0.4, -0.2) is 26.9 Å². The second kappa shape index (κ2) is 5.78. The number of non-ortho nitro benzene ring substituents is 1. The van der Waals surface area contributed by atoms with Crippen molar-refractivity contribution in [2.75, 3.05) is 18.9 Å². The summed E-state index contributed by atoms with van der Waals surface area (Å²) in [6, 6.07) is 3.72. The second-order valence-corrected chi connectivity index (χ2v) is 5.43. The number of nitrogens with zero attached hydrogens (tertiary/aromatic N) is 1. The van der Waals surface area contributed by atoms with Gasteiger partial charge in [0.15, 0.2) is 0 Å². The largest absolute Gasteiger partial charge is 0.384 e. The van der Waals surface area contributed by atoms with Crippen molar-refractivity contribution < 1.29 is 13.3 Å². The zero-order valence-electron chi connectivity index (χ0n) is 10.1. The molecule has 0 aliphatic heterocycles. The number of nitrogens with one attached hydrogen (secondary N) is 2. The van der Waals surface area contributed by atoms with Gasteiger partial charge in [0.2, 0.25) is 10.0 Å². The number of benzene rings is 1. The molecule has 18 heavy (non-hydrogen) atoms. The van der Waals surface area contributed by atoms with Crippen LogP contribution in [0.3, 0.4) is 0 Å². The van der Waals surface area contributed by atoms with Gasteiger partial charge in [0, 0.05) is 18.7 Å². The van der Waals surface area contributed by atoms with E-state index in [1.165, 1.54) is 19.2 Å². The van der Waals surface area contributed by atoms with Crippen molar-refractivity contribution in [2.24, 2.45) is 0 Å². The maximum Gasteiger partial charge on any atom is 0.270 e.